The molecule has 0 N–H and O–H groups in total. The first kappa shape index (κ1) is 20.7. The van der Waals surface area contributed by atoms with Crippen LogP contribution >= 0.6 is 22.9 Å². The van der Waals surface area contributed by atoms with Gasteiger partial charge < -0.3 is 4.42 Å². The monoisotopic (exact) mass is 461 g/mol. The topological polar surface area (TPSA) is 60.4 Å². The maximum absolute atomic E-state index is 12.9. The lowest BCUT2D eigenvalue weighted by molar-refractivity contribution is 0.571. The van der Waals surface area contributed by atoms with E-state index in [1.165, 1.54) is 21.4 Å². The van der Waals surface area contributed by atoms with Crippen molar-refractivity contribution < 1.29 is 4.42 Å². The van der Waals surface area contributed by atoms with Crippen LogP contribution in [0.4, 0.5) is 0 Å². The third-order valence-electron chi connectivity index (χ3n) is 5.23. The van der Waals surface area contributed by atoms with Crippen molar-refractivity contribution in [1.82, 2.24) is 14.6 Å². The highest BCUT2D eigenvalue weighted by atomic mass is 35.5. The Balaban J connectivity index is 1.48. The van der Waals surface area contributed by atoms with Crippen LogP contribution in [-0.2, 0) is 5.41 Å². The average Bonchev–Trinajstić information content (AvgIpc) is 3.46. The van der Waals surface area contributed by atoms with Crippen LogP contribution in [0.3, 0.4) is 0 Å². The Morgan fingerprint density at radius 3 is 2.47 bits per heavy atom. The molecule has 0 saturated heterocycles. The number of benzene rings is 2. The number of hydrogen-bond acceptors (Lipinski definition) is 5. The molecule has 0 aliphatic heterocycles. The van der Waals surface area contributed by atoms with Crippen molar-refractivity contribution in [1.29, 1.82) is 0 Å². The molecular formula is C25H20ClN3O2S. The van der Waals surface area contributed by atoms with Crippen LogP contribution in [0.15, 0.2) is 69.9 Å². The molecule has 160 valence electrons. The van der Waals surface area contributed by atoms with Crippen LogP contribution in [0.2, 0.25) is 5.02 Å². The van der Waals surface area contributed by atoms with E-state index in [9.17, 15) is 4.79 Å². The van der Waals surface area contributed by atoms with Crippen LogP contribution in [0, 0.1) is 0 Å². The van der Waals surface area contributed by atoms with E-state index in [0.29, 0.717) is 31.9 Å². The van der Waals surface area contributed by atoms with Crippen LogP contribution in [0.5, 0.6) is 0 Å². The fourth-order valence-corrected chi connectivity index (χ4v) is 4.56. The molecule has 3 aromatic heterocycles. The molecule has 0 spiro atoms. The molecule has 0 bridgehead atoms. The summed E-state index contributed by atoms with van der Waals surface area (Å²) in [6.07, 6.45) is 1.71. The number of aromatic nitrogens is 3. The van der Waals surface area contributed by atoms with Gasteiger partial charge in [-0.25, -0.2) is 0 Å². The summed E-state index contributed by atoms with van der Waals surface area (Å²) in [5.41, 5.74) is 2.78. The van der Waals surface area contributed by atoms with Gasteiger partial charge in [-0.3, -0.25) is 4.79 Å². The summed E-state index contributed by atoms with van der Waals surface area (Å²) in [6.45, 7) is 6.51. The first-order valence-corrected chi connectivity index (χ1v) is 11.4. The highest BCUT2D eigenvalue weighted by molar-refractivity contribution is 7.15. The molecule has 0 aliphatic carbocycles. The summed E-state index contributed by atoms with van der Waals surface area (Å²) in [4.78, 5) is 18.0. The van der Waals surface area contributed by atoms with E-state index in [1.54, 1.807) is 6.08 Å². The number of thiazole rings is 1. The fraction of sp³-hybridized carbons (Fsp3) is 0.160. The second-order valence-corrected chi connectivity index (χ2v) is 9.97. The van der Waals surface area contributed by atoms with E-state index >= 15 is 0 Å². The zero-order valence-electron chi connectivity index (χ0n) is 17.8. The van der Waals surface area contributed by atoms with Crippen LogP contribution < -0.4 is 10.1 Å². The molecule has 5 nitrogen and oxygen atoms in total. The van der Waals surface area contributed by atoms with Crippen molar-refractivity contribution in [2.45, 2.75) is 26.2 Å². The van der Waals surface area contributed by atoms with Gasteiger partial charge in [0.15, 0.2) is 5.82 Å². The third kappa shape index (κ3) is 3.76. The average molecular weight is 462 g/mol. The molecule has 7 heteroatoms. The molecule has 32 heavy (non-hydrogen) atoms. The van der Waals surface area contributed by atoms with Gasteiger partial charge in [-0.1, -0.05) is 80.1 Å². The standard InChI is InChI=1S/C25H20ClN3O2S/c1-25(2,3)16-10-8-15(9-11-16)22-27-24-29(28-22)23(30)21(32-24)14-17-12-13-20(31-17)18-6-4-5-7-19(18)26/h4-14H,1-3H3. The van der Waals surface area contributed by atoms with Gasteiger partial charge in [0.2, 0.25) is 4.96 Å². The quantitative estimate of drug-likeness (QED) is 0.352. The van der Waals surface area contributed by atoms with Gasteiger partial charge in [-0.15, -0.1) is 5.10 Å². The zero-order valence-corrected chi connectivity index (χ0v) is 19.4. The van der Waals surface area contributed by atoms with Crippen molar-refractivity contribution >= 4 is 34.0 Å². The van der Waals surface area contributed by atoms with Crippen molar-refractivity contribution in [2.75, 3.05) is 0 Å². The molecule has 0 unspecified atom stereocenters. The predicted molar refractivity (Wildman–Crippen MR) is 129 cm³/mol. The fourth-order valence-electron chi connectivity index (χ4n) is 3.44. The second kappa shape index (κ2) is 7.73. The van der Waals surface area contributed by atoms with E-state index in [-0.39, 0.29) is 11.0 Å². The first-order chi connectivity index (χ1) is 15.3. The van der Waals surface area contributed by atoms with Gasteiger partial charge in [-0.05, 0) is 35.2 Å². The summed E-state index contributed by atoms with van der Waals surface area (Å²) >= 11 is 7.54. The summed E-state index contributed by atoms with van der Waals surface area (Å²) < 4.78 is 7.75. The Bertz CT molecular complexity index is 1540. The van der Waals surface area contributed by atoms with Gasteiger partial charge in [0.05, 0.1) is 5.02 Å². The van der Waals surface area contributed by atoms with E-state index in [2.05, 4.69) is 43.0 Å². The summed E-state index contributed by atoms with van der Waals surface area (Å²) in [6, 6.07) is 19.3. The number of rotatable bonds is 3. The van der Waals surface area contributed by atoms with Gasteiger partial charge >= 0.3 is 0 Å². The molecule has 0 atom stereocenters. The maximum Gasteiger partial charge on any atom is 0.291 e. The molecule has 3 heterocycles. The minimum absolute atomic E-state index is 0.0744. The number of halogens is 1. The Morgan fingerprint density at radius 2 is 1.78 bits per heavy atom. The van der Waals surface area contributed by atoms with Crippen molar-refractivity contribution in [3.63, 3.8) is 0 Å². The van der Waals surface area contributed by atoms with Crippen molar-refractivity contribution in [3.8, 4) is 22.7 Å². The smallest absolute Gasteiger partial charge is 0.291 e. The Hall–Kier alpha value is -3.22. The summed E-state index contributed by atoms with van der Waals surface area (Å²) in [7, 11) is 0. The second-order valence-electron chi connectivity index (χ2n) is 8.55. The minimum atomic E-state index is -0.217. The van der Waals surface area contributed by atoms with Crippen molar-refractivity contribution in [3.05, 3.63) is 91.9 Å². The van der Waals surface area contributed by atoms with Crippen LogP contribution in [-0.4, -0.2) is 14.6 Å². The first-order valence-electron chi connectivity index (χ1n) is 10.2. The molecule has 5 aromatic rings. The van der Waals surface area contributed by atoms with E-state index in [4.69, 9.17) is 16.0 Å². The lowest BCUT2D eigenvalue weighted by atomic mass is 9.87. The minimum Gasteiger partial charge on any atom is -0.457 e. The molecule has 2 aromatic carbocycles. The lowest BCUT2D eigenvalue weighted by Crippen LogP contribution is -2.23. The van der Waals surface area contributed by atoms with Crippen LogP contribution in [0.25, 0.3) is 33.7 Å². The normalized spacial score (nSPS) is 12.7. The van der Waals surface area contributed by atoms with Gasteiger partial charge in [0.1, 0.15) is 16.1 Å². The number of hydrogen-bond donors (Lipinski definition) is 0. The van der Waals surface area contributed by atoms with Crippen molar-refractivity contribution in [2.24, 2.45) is 0 Å². The largest absolute Gasteiger partial charge is 0.457 e. The van der Waals surface area contributed by atoms with Gasteiger partial charge in [-0.2, -0.15) is 9.50 Å². The van der Waals surface area contributed by atoms with Gasteiger partial charge in [0, 0.05) is 17.2 Å². The number of fused-ring (bicyclic) bond motifs is 1. The third-order valence-corrected chi connectivity index (χ3v) is 6.52. The highest BCUT2D eigenvalue weighted by Crippen LogP contribution is 2.29. The molecule has 0 amide bonds. The number of nitrogens with zero attached hydrogens (tertiary/aromatic N) is 3. The van der Waals surface area contributed by atoms with E-state index < -0.39 is 0 Å². The van der Waals surface area contributed by atoms with E-state index in [0.717, 1.165) is 11.1 Å². The van der Waals surface area contributed by atoms with Gasteiger partial charge in [0.25, 0.3) is 5.56 Å². The molecule has 0 saturated carbocycles. The van der Waals surface area contributed by atoms with Crippen LogP contribution in [0.1, 0.15) is 32.1 Å². The number of furan rings is 1. The Morgan fingerprint density at radius 1 is 1.03 bits per heavy atom. The maximum atomic E-state index is 12.9. The SMILES string of the molecule is CC(C)(C)c1ccc(-c2nc3sc(=Cc4ccc(-c5ccccc5Cl)o4)c(=O)n3n2)cc1. The molecule has 0 radical (unpaired) electrons. The Kier molecular flexibility index (Phi) is 4.99. The van der Waals surface area contributed by atoms with E-state index in [1.807, 2.05) is 48.5 Å². The predicted octanol–water partition coefficient (Wildman–Crippen LogP) is 5.58. The Labute approximate surface area is 193 Å². The summed E-state index contributed by atoms with van der Waals surface area (Å²) in [5.74, 6) is 1.76. The molecular weight excluding hydrogens is 442 g/mol. The zero-order chi connectivity index (χ0) is 22.5. The highest BCUT2D eigenvalue weighted by Gasteiger charge is 2.16. The lowest BCUT2D eigenvalue weighted by Gasteiger charge is -2.18. The molecule has 0 aliphatic rings. The molecule has 0 fully saturated rings. The summed E-state index contributed by atoms with van der Waals surface area (Å²) in [5, 5.41) is 5.05. The molecule has 5 rings (SSSR count).